The fourth-order valence-electron chi connectivity index (χ4n) is 1.83. The SMILES string of the molecule is O=C(OCC1CCCO1)c1cc(S(=O)(=O)Cl)ccc1F. The molecule has 0 aliphatic carbocycles. The van der Waals surface area contributed by atoms with Crippen LogP contribution in [0.2, 0.25) is 0 Å². The first-order chi connectivity index (χ1) is 9.38. The monoisotopic (exact) mass is 322 g/mol. The summed E-state index contributed by atoms with van der Waals surface area (Å²) >= 11 is 0. The molecule has 0 amide bonds. The largest absolute Gasteiger partial charge is 0.459 e. The summed E-state index contributed by atoms with van der Waals surface area (Å²) in [6.07, 6.45) is 1.46. The molecule has 2 rings (SSSR count). The molecule has 20 heavy (non-hydrogen) atoms. The molecule has 5 nitrogen and oxygen atoms in total. The van der Waals surface area contributed by atoms with Gasteiger partial charge >= 0.3 is 5.97 Å². The topological polar surface area (TPSA) is 69.7 Å². The summed E-state index contributed by atoms with van der Waals surface area (Å²) in [7, 11) is 1.11. The molecule has 0 radical (unpaired) electrons. The van der Waals surface area contributed by atoms with Crippen molar-refractivity contribution < 1.29 is 27.1 Å². The summed E-state index contributed by atoms with van der Waals surface area (Å²) in [6.45, 7) is 0.618. The molecule has 0 bridgehead atoms. The number of carbonyl (C=O) groups is 1. The van der Waals surface area contributed by atoms with E-state index in [0.29, 0.717) is 6.61 Å². The molecule has 1 aliphatic heterocycles. The molecule has 110 valence electrons. The smallest absolute Gasteiger partial charge is 0.341 e. The van der Waals surface area contributed by atoms with E-state index >= 15 is 0 Å². The van der Waals surface area contributed by atoms with Crippen LogP contribution in [0.25, 0.3) is 0 Å². The first-order valence-corrected chi connectivity index (χ1v) is 8.22. The zero-order chi connectivity index (χ0) is 14.8. The number of halogens is 2. The van der Waals surface area contributed by atoms with Crippen molar-refractivity contribution >= 4 is 25.7 Å². The average Bonchev–Trinajstić information content (AvgIpc) is 2.88. The van der Waals surface area contributed by atoms with Crippen LogP contribution in [-0.2, 0) is 18.5 Å². The van der Waals surface area contributed by atoms with Gasteiger partial charge < -0.3 is 9.47 Å². The van der Waals surface area contributed by atoms with Crippen LogP contribution in [-0.4, -0.2) is 33.7 Å². The highest BCUT2D eigenvalue weighted by Gasteiger charge is 2.21. The molecular formula is C12H12ClFO5S. The second-order valence-electron chi connectivity index (χ2n) is 4.31. The number of hydrogen-bond donors (Lipinski definition) is 0. The zero-order valence-electron chi connectivity index (χ0n) is 10.3. The summed E-state index contributed by atoms with van der Waals surface area (Å²) < 4.78 is 46.0. The van der Waals surface area contributed by atoms with E-state index in [1.807, 2.05) is 0 Å². The summed E-state index contributed by atoms with van der Waals surface area (Å²) in [4.78, 5) is 11.4. The third-order valence-electron chi connectivity index (χ3n) is 2.86. The van der Waals surface area contributed by atoms with Gasteiger partial charge in [-0.25, -0.2) is 17.6 Å². The third-order valence-corrected chi connectivity index (χ3v) is 4.22. The van der Waals surface area contributed by atoms with Crippen molar-refractivity contribution in [1.82, 2.24) is 0 Å². The Morgan fingerprint density at radius 1 is 1.50 bits per heavy atom. The van der Waals surface area contributed by atoms with Crippen molar-refractivity contribution in [3.63, 3.8) is 0 Å². The minimum atomic E-state index is -4.03. The Labute approximate surface area is 120 Å². The van der Waals surface area contributed by atoms with Crippen LogP contribution in [0.15, 0.2) is 23.1 Å². The van der Waals surface area contributed by atoms with Crippen molar-refractivity contribution in [2.45, 2.75) is 23.8 Å². The van der Waals surface area contributed by atoms with Crippen molar-refractivity contribution in [2.75, 3.05) is 13.2 Å². The van der Waals surface area contributed by atoms with E-state index in [2.05, 4.69) is 0 Å². The maximum absolute atomic E-state index is 13.5. The molecule has 0 N–H and O–H groups in total. The van der Waals surface area contributed by atoms with Crippen LogP contribution in [0.5, 0.6) is 0 Å². The van der Waals surface area contributed by atoms with Gasteiger partial charge in [0.1, 0.15) is 12.4 Å². The van der Waals surface area contributed by atoms with Crippen LogP contribution >= 0.6 is 10.7 Å². The minimum absolute atomic E-state index is 0.0100. The van der Waals surface area contributed by atoms with Crippen LogP contribution in [0.4, 0.5) is 4.39 Å². The maximum atomic E-state index is 13.5. The van der Waals surface area contributed by atoms with Gasteiger partial charge in [-0.1, -0.05) is 0 Å². The van der Waals surface area contributed by atoms with E-state index in [4.69, 9.17) is 20.2 Å². The molecular weight excluding hydrogens is 311 g/mol. The Bertz CT molecular complexity index is 610. The third kappa shape index (κ3) is 3.68. The van der Waals surface area contributed by atoms with E-state index in [-0.39, 0.29) is 17.6 Å². The van der Waals surface area contributed by atoms with E-state index in [0.717, 1.165) is 31.0 Å². The van der Waals surface area contributed by atoms with E-state index in [1.54, 1.807) is 0 Å². The lowest BCUT2D eigenvalue weighted by Gasteiger charge is -2.10. The van der Waals surface area contributed by atoms with Crippen LogP contribution in [0.1, 0.15) is 23.2 Å². The summed E-state index contributed by atoms with van der Waals surface area (Å²) in [5.41, 5.74) is -0.468. The van der Waals surface area contributed by atoms with Crippen LogP contribution < -0.4 is 0 Å². The quantitative estimate of drug-likeness (QED) is 0.627. The lowest BCUT2D eigenvalue weighted by molar-refractivity contribution is 0.0157. The summed E-state index contributed by atoms with van der Waals surface area (Å²) in [5.74, 6) is -1.81. The molecule has 1 saturated heterocycles. The Hall–Kier alpha value is -1.18. The van der Waals surface area contributed by atoms with E-state index in [9.17, 15) is 17.6 Å². The lowest BCUT2D eigenvalue weighted by Crippen LogP contribution is -2.18. The Morgan fingerprint density at radius 2 is 2.25 bits per heavy atom. The predicted octanol–water partition coefficient (Wildman–Crippen LogP) is 2.09. The molecule has 1 atom stereocenters. The van der Waals surface area contributed by atoms with Gasteiger partial charge in [0.05, 0.1) is 16.6 Å². The highest BCUT2D eigenvalue weighted by Crippen LogP contribution is 2.20. The van der Waals surface area contributed by atoms with Gasteiger partial charge in [-0.3, -0.25) is 0 Å². The van der Waals surface area contributed by atoms with Gasteiger partial charge in [0, 0.05) is 17.3 Å². The molecule has 1 unspecified atom stereocenters. The van der Waals surface area contributed by atoms with Gasteiger partial charge in [-0.05, 0) is 31.0 Å². The van der Waals surface area contributed by atoms with Crippen molar-refractivity contribution in [3.8, 4) is 0 Å². The minimum Gasteiger partial charge on any atom is -0.459 e. The van der Waals surface area contributed by atoms with Crippen LogP contribution in [0, 0.1) is 5.82 Å². The predicted molar refractivity (Wildman–Crippen MR) is 68.7 cm³/mol. The van der Waals surface area contributed by atoms with Crippen LogP contribution in [0.3, 0.4) is 0 Å². The lowest BCUT2D eigenvalue weighted by atomic mass is 10.2. The highest BCUT2D eigenvalue weighted by atomic mass is 35.7. The molecule has 1 fully saturated rings. The van der Waals surface area contributed by atoms with Gasteiger partial charge in [-0.15, -0.1) is 0 Å². The number of esters is 1. The summed E-state index contributed by atoms with van der Waals surface area (Å²) in [6, 6.07) is 2.70. The fourth-order valence-corrected chi connectivity index (χ4v) is 2.61. The molecule has 0 spiro atoms. The van der Waals surface area contributed by atoms with Gasteiger partial charge in [-0.2, -0.15) is 0 Å². The number of ether oxygens (including phenoxy) is 2. The number of benzene rings is 1. The van der Waals surface area contributed by atoms with E-state index < -0.39 is 26.4 Å². The number of carbonyl (C=O) groups excluding carboxylic acids is 1. The molecule has 0 saturated carbocycles. The Kier molecular flexibility index (Phi) is 4.62. The second kappa shape index (κ2) is 6.07. The second-order valence-corrected chi connectivity index (χ2v) is 6.88. The van der Waals surface area contributed by atoms with Crippen molar-refractivity contribution in [1.29, 1.82) is 0 Å². The standard InChI is InChI=1S/C12H12ClFO5S/c13-20(16,17)9-3-4-11(14)10(6-9)12(15)19-7-8-2-1-5-18-8/h3-4,6,8H,1-2,5,7H2. The van der Waals surface area contributed by atoms with Gasteiger partial charge in [0.25, 0.3) is 9.05 Å². The normalized spacial score (nSPS) is 19.0. The molecule has 1 aliphatic rings. The molecule has 0 aromatic heterocycles. The average molecular weight is 323 g/mol. The van der Waals surface area contributed by atoms with Gasteiger partial charge in [0.15, 0.2) is 0 Å². The van der Waals surface area contributed by atoms with Crippen molar-refractivity contribution in [2.24, 2.45) is 0 Å². The van der Waals surface area contributed by atoms with Crippen molar-refractivity contribution in [3.05, 3.63) is 29.6 Å². The molecule has 1 aromatic carbocycles. The van der Waals surface area contributed by atoms with E-state index in [1.165, 1.54) is 0 Å². The zero-order valence-corrected chi connectivity index (χ0v) is 11.9. The maximum Gasteiger partial charge on any atom is 0.341 e. The van der Waals surface area contributed by atoms with Gasteiger partial charge in [0.2, 0.25) is 0 Å². The highest BCUT2D eigenvalue weighted by molar-refractivity contribution is 8.13. The molecule has 1 heterocycles. The molecule has 1 aromatic rings. The Balaban J connectivity index is 2.12. The molecule has 8 heteroatoms. The fraction of sp³-hybridized carbons (Fsp3) is 0.417. The first-order valence-electron chi connectivity index (χ1n) is 5.91. The Morgan fingerprint density at radius 3 is 2.85 bits per heavy atom. The number of hydrogen-bond acceptors (Lipinski definition) is 5. The summed E-state index contributed by atoms with van der Waals surface area (Å²) in [5, 5.41) is 0. The first kappa shape index (κ1) is 15.2. The number of rotatable bonds is 4.